The van der Waals surface area contributed by atoms with Crippen LogP contribution < -0.4 is 20.3 Å². The van der Waals surface area contributed by atoms with Gasteiger partial charge in [-0.15, -0.1) is 11.3 Å². The first-order valence-electron chi connectivity index (χ1n) is 9.64. The molecule has 33 heavy (non-hydrogen) atoms. The summed E-state index contributed by atoms with van der Waals surface area (Å²) in [5.74, 6) is 0.542. The van der Waals surface area contributed by atoms with Crippen molar-refractivity contribution in [2.75, 3.05) is 19.5 Å². The highest BCUT2D eigenvalue weighted by Gasteiger charge is 2.17. The predicted molar refractivity (Wildman–Crippen MR) is 124 cm³/mol. The number of nitro benzene ring substituents is 1. The van der Waals surface area contributed by atoms with Crippen molar-refractivity contribution in [3.05, 3.63) is 74.6 Å². The van der Waals surface area contributed by atoms with Crippen LogP contribution in [0.25, 0.3) is 21.3 Å². The summed E-state index contributed by atoms with van der Waals surface area (Å²) < 4.78 is 11.6. The molecule has 10 nitrogen and oxygen atoms in total. The number of amides is 1. The van der Waals surface area contributed by atoms with Crippen molar-refractivity contribution < 1.29 is 19.2 Å². The van der Waals surface area contributed by atoms with Crippen LogP contribution in [0.15, 0.2) is 59.0 Å². The summed E-state index contributed by atoms with van der Waals surface area (Å²) >= 11 is 1.25. The number of methoxy groups -OCH3 is 2. The van der Waals surface area contributed by atoms with Crippen LogP contribution in [-0.4, -0.2) is 34.6 Å². The number of hydrogen-bond acceptors (Lipinski definition) is 8. The summed E-state index contributed by atoms with van der Waals surface area (Å²) in [6, 6.07) is 11.0. The molecule has 0 saturated heterocycles. The maximum Gasteiger partial charge on any atom is 0.270 e. The number of anilines is 1. The van der Waals surface area contributed by atoms with Gasteiger partial charge in [-0.2, -0.15) is 0 Å². The van der Waals surface area contributed by atoms with E-state index >= 15 is 0 Å². The third-order valence-electron chi connectivity index (χ3n) is 4.91. The number of thiophene rings is 1. The third-order valence-corrected chi connectivity index (χ3v) is 5.80. The third kappa shape index (κ3) is 4.39. The molecule has 0 radical (unpaired) electrons. The zero-order valence-corrected chi connectivity index (χ0v) is 18.4. The van der Waals surface area contributed by atoms with Crippen molar-refractivity contribution in [1.29, 1.82) is 0 Å². The number of nitrogens with one attached hydrogen (secondary N) is 1. The second-order valence-corrected chi connectivity index (χ2v) is 7.79. The molecule has 0 saturated carbocycles. The van der Waals surface area contributed by atoms with E-state index in [2.05, 4.69) is 10.3 Å². The minimum atomic E-state index is -0.493. The molecule has 0 aliphatic rings. The van der Waals surface area contributed by atoms with Gasteiger partial charge in [-0.1, -0.05) is 12.1 Å². The number of fused-ring (bicyclic) bond motifs is 1. The zero-order chi connectivity index (χ0) is 23.5. The lowest BCUT2D eigenvalue weighted by Crippen LogP contribution is -2.27. The molecule has 0 unspecified atom stereocenters. The Labute approximate surface area is 191 Å². The number of aromatic nitrogens is 2. The number of carbonyl (C=O) groups is 1. The van der Waals surface area contributed by atoms with E-state index in [9.17, 15) is 19.7 Å². The first kappa shape index (κ1) is 22.0. The van der Waals surface area contributed by atoms with E-state index in [1.165, 1.54) is 48.6 Å². The Hall–Kier alpha value is -4.25. The van der Waals surface area contributed by atoms with Crippen molar-refractivity contribution in [3.63, 3.8) is 0 Å². The van der Waals surface area contributed by atoms with Gasteiger partial charge in [0, 0.05) is 34.8 Å². The van der Waals surface area contributed by atoms with Crippen LogP contribution in [0.4, 0.5) is 11.4 Å². The molecular weight excluding hydrogens is 448 g/mol. The highest BCUT2D eigenvalue weighted by atomic mass is 32.1. The van der Waals surface area contributed by atoms with E-state index in [1.807, 2.05) is 0 Å². The topological polar surface area (TPSA) is 126 Å². The second kappa shape index (κ2) is 9.09. The van der Waals surface area contributed by atoms with E-state index in [4.69, 9.17) is 9.47 Å². The van der Waals surface area contributed by atoms with Crippen molar-refractivity contribution in [1.82, 2.24) is 9.55 Å². The van der Waals surface area contributed by atoms with Crippen LogP contribution >= 0.6 is 11.3 Å². The Morgan fingerprint density at radius 2 is 1.97 bits per heavy atom. The molecule has 0 spiro atoms. The van der Waals surface area contributed by atoms with Crippen molar-refractivity contribution in [2.45, 2.75) is 6.54 Å². The Morgan fingerprint density at radius 1 is 1.18 bits per heavy atom. The molecule has 0 aliphatic heterocycles. The Kier molecular flexibility index (Phi) is 6.05. The molecule has 2 aromatic heterocycles. The predicted octanol–water partition coefficient (Wildman–Crippen LogP) is 3.69. The highest BCUT2D eigenvalue weighted by Crippen LogP contribution is 2.32. The van der Waals surface area contributed by atoms with Crippen LogP contribution in [0.3, 0.4) is 0 Å². The smallest absolute Gasteiger partial charge is 0.270 e. The molecule has 0 fully saturated rings. The van der Waals surface area contributed by atoms with Gasteiger partial charge in [0.05, 0.1) is 30.9 Å². The van der Waals surface area contributed by atoms with E-state index in [0.29, 0.717) is 38.5 Å². The number of hydrogen-bond donors (Lipinski definition) is 1. The minimum absolute atomic E-state index is 0.0784. The van der Waals surface area contributed by atoms with Gasteiger partial charge in [0.25, 0.3) is 11.2 Å². The lowest BCUT2D eigenvalue weighted by atomic mass is 10.1. The zero-order valence-electron chi connectivity index (χ0n) is 17.6. The number of nitrogens with zero attached hydrogens (tertiary/aromatic N) is 3. The Balaban J connectivity index is 1.63. The number of nitro groups is 1. The lowest BCUT2D eigenvalue weighted by molar-refractivity contribution is -0.384. The molecule has 1 N–H and O–H groups in total. The van der Waals surface area contributed by atoms with Crippen molar-refractivity contribution in [3.8, 4) is 22.6 Å². The number of non-ortho nitro benzene ring substituents is 1. The summed E-state index contributed by atoms with van der Waals surface area (Å²) in [5.41, 5.74) is 1.05. The molecule has 0 bridgehead atoms. The molecule has 0 atom stereocenters. The molecule has 11 heteroatoms. The average Bonchev–Trinajstić information content (AvgIpc) is 3.26. The van der Waals surface area contributed by atoms with Gasteiger partial charge >= 0.3 is 0 Å². The SMILES string of the molecule is COc1ccc(NC(=O)Cn2cnc3scc(-c4cccc([N+](=O)[O-])c4)c3c2=O)cc1OC. The Morgan fingerprint density at radius 3 is 2.70 bits per heavy atom. The van der Waals surface area contributed by atoms with Crippen LogP contribution in [0.1, 0.15) is 0 Å². The van der Waals surface area contributed by atoms with Gasteiger partial charge in [0.15, 0.2) is 11.5 Å². The normalized spacial score (nSPS) is 10.7. The van der Waals surface area contributed by atoms with Gasteiger partial charge < -0.3 is 14.8 Å². The van der Waals surface area contributed by atoms with Gasteiger partial charge in [-0.25, -0.2) is 4.98 Å². The molecule has 2 aromatic carbocycles. The van der Waals surface area contributed by atoms with Gasteiger partial charge in [0.1, 0.15) is 11.4 Å². The van der Waals surface area contributed by atoms with Gasteiger partial charge in [-0.05, 0) is 17.7 Å². The van der Waals surface area contributed by atoms with Crippen LogP contribution in [0.2, 0.25) is 0 Å². The summed E-state index contributed by atoms with van der Waals surface area (Å²) in [7, 11) is 3.00. The fourth-order valence-electron chi connectivity index (χ4n) is 3.35. The molecule has 4 aromatic rings. The minimum Gasteiger partial charge on any atom is -0.493 e. The monoisotopic (exact) mass is 466 g/mol. The largest absolute Gasteiger partial charge is 0.493 e. The molecule has 0 aliphatic carbocycles. The first-order valence-corrected chi connectivity index (χ1v) is 10.5. The highest BCUT2D eigenvalue weighted by molar-refractivity contribution is 7.17. The fraction of sp³-hybridized carbons (Fsp3) is 0.136. The van der Waals surface area contributed by atoms with Gasteiger partial charge in [-0.3, -0.25) is 24.3 Å². The average molecular weight is 466 g/mol. The molecular formula is C22H18N4O6S. The van der Waals surface area contributed by atoms with E-state index in [-0.39, 0.29) is 12.2 Å². The molecule has 2 heterocycles. The number of ether oxygens (including phenoxy) is 2. The van der Waals surface area contributed by atoms with E-state index in [1.54, 1.807) is 35.7 Å². The molecule has 168 valence electrons. The quantitative estimate of drug-likeness (QED) is 0.325. The van der Waals surface area contributed by atoms with Crippen molar-refractivity contribution >= 4 is 38.8 Å². The van der Waals surface area contributed by atoms with Crippen LogP contribution in [0, 0.1) is 10.1 Å². The number of benzene rings is 2. The van der Waals surface area contributed by atoms with E-state index < -0.39 is 16.4 Å². The second-order valence-electron chi connectivity index (χ2n) is 6.93. The number of carbonyl (C=O) groups excluding carboxylic acids is 1. The number of rotatable bonds is 7. The Bertz CT molecular complexity index is 1430. The summed E-state index contributed by atoms with van der Waals surface area (Å²) in [6.45, 7) is -0.264. The molecule has 1 amide bonds. The van der Waals surface area contributed by atoms with Gasteiger partial charge in [0.2, 0.25) is 5.91 Å². The fourth-order valence-corrected chi connectivity index (χ4v) is 4.26. The summed E-state index contributed by atoms with van der Waals surface area (Å²) in [6.07, 6.45) is 1.31. The standard InChI is InChI=1S/C22H18N4O6S/c1-31-17-7-6-14(9-18(17)32-2)24-19(27)10-25-12-23-21-20(22(25)28)16(11-33-21)13-4-3-5-15(8-13)26(29)30/h3-9,11-12H,10H2,1-2H3,(H,24,27). The maximum absolute atomic E-state index is 13.2. The maximum atomic E-state index is 13.2. The first-order chi connectivity index (χ1) is 15.9. The van der Waals surface area contributed by atoms with Crippen LogP contribution in [-0.2, 0) is 11.3 Å². The van der Waals surface area contributed by atoms with Crippen LogP contribution in [0.5, 0.6) is 11.5 Å². The molecule has 4 rings (SSSR count). The van der Waals surface area contributed by atoms with E-state index in [0.717, 1.165) is 0 Å². The van der Waals surface area contributed by atoms with Crippen molar-refractivity contribution in [2.24, 2.45) is 0 Å². The summed E-state index contributed by atoms with van der Waals surface area (Å²) in [5, 5.41) is 15.9. The summed E-state index contributed by atoms with van der Waals surface area (Å²) in [4.78, 5) is 41.2. The lowest BCUT2D eigenvalue weighted by Gasteiger charge is -2.11.